The predicted molar refractivity (Wildman–Crippen MR) is 107 cm³/mol. The molecule has 0 aliphatic carbocycles. The number of hydroxylamine groups is 1. The van der Waals surface area contributed by atoms with Gasteiger partial charge in [-0.2, -0.15) is 0 Å². The number of benzene rings is 2. The minimum atomic E-state index is -0.440. The highest BCUT2D eigenvalue weighted by Crippen LogP contribution is 2.20. The number of ether oxygens (including phenoxy) is 1. The fourth-order valence-corrected chi connectivity index (χ4v) is 2.89. The molecule has 0 spiro atoms. The van der Waals surface area contributed by atoms with Gasteiger partial charge in [0.15, 0.2) is 0 Å². The van der Waals surface area contributed by atoms with Crippen LogP contribution in [0.4, 0.5) is 0 Å². The SMILES string of the molecule is CCOc1ccc(-c2cncc(C(=O)NOCc3cc(C)cc(C)c3)n2)cc1. The average Bonchev–Trinajstić information content (AvgIpc) is 2.68. The molecule has 1 amide bonds. The molecule has 1 N–H and O–H groups in total. The molecule has 1 heterocycles. The van der Waals surface area contributed by atoms with Crippen LogP contribution in [0.2, 0.25) is 0 Å². The van der Waals surface area contributed by atoms with Crippen molar-refractivity contribution in [1.82, 2.24) is 15.4 Å². The van der Waals surface area contributed by atoms with Gasteiger partial charge in [-0.3, -0.25) is 14.6 Å². The zero-order valence-corrected chi connectivity index (χ0v) is 16.2. The Balaban J connectivity index is 1.63. The number of nitrogens with zero attached hydrogens (tertiary/aromatic N) is 2. The fraction of sp³-hybridized carbons (Fsp3) is 0.227. The summed E-state index contributed by atoms with van der Waals surface area (Å²) in [7, 11) is 0. The lowest BCUT2D eigenvalue weighted by Gasteiger charge is -2.08. The number of aromatic nitrogens is 2. The molecule has 0 fully saturated rings. The van der Waals surface area contributed by atoms with Crippen LogP contribution >= 0.6 is 0 Å². The van der Waals surface area contributed by atoms with Gasteiger partial charge in [0.1, 0.15) is 11.4 Å². The van der Waals surface area contributed by atoms with Crippen LogP contribution in [0.3, 0.4) is 0 Å². The summed E-state index contributed by atoms with van der Waals surface area (Å²) in [4.78, 5) is 26.2. The fourth-order valence-electron chi connectivity index (χ4n) is 2.89. The van der Waals surface area contributed by atoms with Crippen LogP contribution in [0, 0.1) is 13.8 Å². The van der Waals surface area contributed by atoms with E-state index in [0.717, 1.165) is 28.0 Å². The number of hydrogen-bond donors (Lipinski definition) is 1. The van der Waals surface area contributed by atoms with Crippen molar-refractivity contribution in [2.45, 2.75) is 27.4 Å². The molecule has 3 aromatic rings. The van der Waals surface area contributed by atoms with E-state index in [4.69, 9.17) is 9.57 Å². The van der Waals surface area contributed by atoms with Gasteiger partial charge in [-0.15, -0.1) is 0 Å². The Morgan fingerprint density at radius 2 is 1.75 bits per heavy atom. The number of aryl methyl sites for hydroxylation is 2. The van der Waals surface area contributed by atoms with Crippen molar-refractivity contribution in [3.63, 3.8) is 0 Å². The molecule has 144 valence electrons. The number of rotatable bonds is 7. The zero-order chi connectivity index (χ0) is 19.9. The molecular formula is C22H23N3O3. The van der Waals surface area contributed by atoms with Crippen LogP contribution in [0.15, 0.2) is 54.9 Å². The van der Waals surface area contributed by atoms with Crippen molar-refractivity contribution in [2.24, 2.45) is 0 Å². The molecule has 0 unspecified atom stereocenters. The van der Waals surface area contributed by atoms with E-state index in [1.54, 1.807) is 6.20 Å². The molecule has 28 heavy (non-hydrogen) atoms. The monoisotopic (exact) mass is 377 g/mol. The first kappa shape index (κ1) is 19.5. The third kappa shape index (κ3) is 5.14. The molecule has 0 aliphatic heterocycles. The van der Waals surface area contributed by atoms with Gasteiger partial charge in [-0.1, -0.05) is 29.3 Å². The van der Waals surface area contributed by atoms with E-state index in [9.17, 15) is 4.79 Å². The Morgan fingerprint density at radius 3 is 2.43 bits per heavy atom. The topological polar surface area (TPSA) is 73.3 Å². The van der Waals surface area contributed by atoms with Crippen LogP contribution in [0.1, 0.15) is 34.1 Å². The standard InChI is InChI=1S/C22H23N3O3/c1-4-27-19-7-5-18(6-8-19)20-12-23-13-21(24-20)22(26)25-28-14-17-10-15(2)9-16(3)11-17/h5-13H,4,14H2,1-3H3,(H,25,26). The maximum absolute atomic E-state index is 12.3. The highest BCUT2D eigenvalue weighted by atomic mass is 16.6. The summed E-state index contributed by atoms with van der Waals surface area (Å²) in [5.41, 5.74) is 7.36. The molecule has 0 atom stereocenters. The summed E-state index contributed by atoms with van der Waals surface area (Å²) in [5.74, 6) is 0.345. The molecule has 6 nitrogen and oxygen atoms in total. The van der Waals surface area contributed by atoms with Crippen molar-refractivity contribution in [1.29, 1.82) is 0 Å². The molecule has 6 heteroatoms. The highest BCUT2D eigenvalue weighted by Gasteiger charge is 2.10. The molecule has 0 saturated carbocycles. The number of hydrogen-bond acceptors (Lipinski definition) is 5. The average molecular weight is 377 g/mol. The van der Waals surface area contributed by atoms with Crippen molar-refractivity contribution >= 4 is 5.91 Å². The van der Waals surface area contributed by atoms with Crippen molar-refractivity contribution < 1.29 is 14.4 Å². The van der Waals surface area contributed by atoms with Crippen LogP contribution in [0.5, 0.6) is 5.75 Å². The summed E-state index contributed by atoms with van der Waals surface area (Å²) in [6.07, 6.45) is 3.02. The van der Waals surface area contributed by atoms with Crippen molar-refractivity contribution in [2.75, 3.05) is 6.61 Å². The number of carbonyl (C=O) groups excluding carboxylic acids is 1. The molecule has 2 aromatic carbocycles. The Bertz CT molecular complexity index is 935. The molecule has 0 radical (unpaired) electrons. The van der Waals surface area contributed by atoms with Gasteiger partial charge in [0.05, 0.1) is 31.3 Å². The van der Waals surface area contributed by atoms with Crippen LogP contribution in [0.25, 0.3) is 11.3 Å². The summed E-state index contributed by atoms with van der Waals surface area (Å²) in [5, 5.41) is 0. The Morgan fingerprint density at radius 1 is 1.04 bits per heavy atom. The van der Waals surface area contributed by atoms with Crippen LogP contribution in [-0.4, -0.2) is 22.5 Å². The first-order chi connectivity index (χ1) is 13.5. The lowest BCUT2D eigenvalue weighted by Crippen LogP contribution is -2.24. The van der Waals surface area contributed by atoms with Crippen LogP contribution in [-0.2, 0) is 11.4 Å². The number of amides is 1. The Labute approximate surface area is 164 Å². The second-order valence-electron chi connectivity index (χ2n) is 6.46. The van der Waals surface area contributed by atoms with Crippen molar-refractivity contribution in [3.8, 4) is 17.0 Å². The summed E-state index contributed by atoms with van der Waals surface area (Å²) in [6.45, 7) is 6.87. The second kappa shape index (κ2) is 9.10. The summed E-state index contributed by atoms with van der Waals surface area (Å²) >= 11 is 0. The Hall–Kier alpha value is -3.25. The third-order valence-corrected chi connectivity index (χ3v) is 4.01. The molecular weight excluding hydrogens is 354 g/mol. The normalized spacial score (nSPS) is 10.5. The van der Waals surface area contributed by atoms with Gasteiger partial charge in [-0.05, 0) is 50.6 Å². The summed E-state index contributed by atoms with van der Waals surface area (Å²) in [6, 6.07) is 13.6. The molecule has 3 rings (SSSR count). The van der Waals surface area contributed by atoms with Crippen molar-refractivity contribution in [3.05, 3.63) is 77.2 Å². The minimum absolute atomic E-state index is 0.187. The molecule has 0 saturated heterocycles. The van der Waals surface area contributed by atoms with Gasteiger partial charge >= 0.3 is 0 Å². The van der Waals surface area contributed by atoms with Gasteiger partial charge < -0.3 is 4.74 Å². The van der Waals surface area contributed by atoms with Gasteiger partial charge in [0.2, 0.25) is 0 Å². The molecule has 0 aliphatic rings. The maximum Gasteiger partial charge on any atom is 0.295 e. The second-order valence-corrected chi connectivity index (χ2v) is 6.46. The van der Waals surface area contributed by atoms with E-state index < -0.39 is 5.91 Å². The summed E-state index contributed by atoms with van der Waals surface area (Å²) < 4.78 is 5.44. The van der Waals surface area contributed by atoms with Gasteiger partial charge in [0.25, 0.3) is 5.91 Å². The largest absolute Gasteiger partial charge is 0.494 e. The van der Waals surface area contributed by atoms with E-state index in [0.29, 0.717) is 12.3 Å². The lowest BCUT2D eigenvalue weighted by molar-refractivity contribution is 0.0229. The van der Waals surface area contributed by atoms with Crippen LogP contribution < -0.4 is 10.2 Å². The highest BCUT2D eigenvalue weighted by molar-refractivity contribution is 5.91. The Kier molecular flexibility index (Phi) is 6.34. The van der Waals surface area contributed by atoms with Gasteiger partial charge in [0, 0.05) is 5.56 Å². The van der Waals surface area contributed by atoms with E-state index in [-0.39, 0.29) is 12.3 Å². The van der Waals surface area contributed by atoms with E-state index in [2.05, 4.69) is 21.5 Å². The smallest absolute Gasteiger partial charge is 0.295 e. The third-order valence-electron chi connectivity index (χ3n) is 4.01. The minimum Gasteiger partial charge on any atom is -0.494 e. The number of carbonyl (C=O) groups is 1. The number of nitrogens with one attached hydrogen (secondary N) is 1. The van der Waals surface area contributed by atoms with E-state index in [1.807, 2.05) is 57.2 Å². The van der Waals surface area contributed by atoms with E-state index in [1.165, 1.54) is 6.20 Å². The molecule has 1 aromatic heterocycles. The van der Waals surface area contributed by atoms with E-state index >= 15 is 0 Å². The molecule has 0 bridgehead atoms. The zero-order valence-electron chi connectivity index (χ0n) is 16.2. The first-order valence-electron chi connectivity index (χ1n) is 9.09. The maximum atomic E-state index is 12.3. The predicted octanol–water partition coefficient (Wildman–Crippen LogP) is 4.02. The lowest BCUT2D eigenvalue weighted by atomic mass is 10.1. The quantitative estimate of drug-likeness (QED) is 0.630. The first-order valence-corrected chi connectivity index (χ1v) is 9.09. The van der Waals surface area contributed by atoms with Gasteiger partial charge in [-0.25, -0.2) is 10.5 Å².